The first-order chi connectivity index (χ1) is 9.41. The Morgan fingerprint density at radius 3 is 2.65 bits per heavy atom. The first-order valence-corrected chi connectivity index (χ1v) is 8.53. The number of hydrogen-bond donors (Lipinski definition) is 2. The summed E-state index contributed by atoms with van der Waals surface area (Å²) in [7, 11) is 2.04. The lowest BCUT2D eigenvalue weighted by atomic mass is 9.92. The Hall–Kier alpha value is 0.0200. The highest BCUT2D eigenvalue weighted by Crippen LogP contribution is 2.33. The van der Waals surface area contributed by atoms with E-state index < -0.39 is 5.60 Å². The highest BCUT2D eigenvalue weighted by Gasteiger charge is 2.34. The molecule has 0 aromatic carbocycles. The molecule has 114 valence electrons. The summed E-state index contributed by atoms with van der Waals surface area (Å²) in [4.78, 5) is 3.40. The summed E-state index contributed by atoms with van der Waals surface area (Å²) in [6.45, 7) is 3.91. The maximum Gasteiger partial charge on any atom is 0.0818 e. The fourth-order valence-electron chi connectivity index (χ4n) is 2.84. The van der Waals surface area contributed by atoms with Crippen LogP contribution in [0.5, 0.6) is 0 Å². The molecule has 2 heterocycles. The van der Waals surface area contributed by atoms with Crippen LogP contribution in [0.4, 0.5) is 0 Å². The van der Waals surface area contributed by atoms with Crippen LogP contribution in [0, 0.1) is 0 Å². The quantitative estimate of drug-likeness (QED) is 0.843. The molecule has 3 N–H and O–H groups in total. The van der Waals surface area contributed by atoms with Gasteiger partial charge in [0.1, 0.15) is 0 Å². The van der Waals surface area contributed by atoms with Crippen LogP contribution >= 0.6 is 27.3 Å². The van der Waals surface area contributed by atoms with E-state index in [4.69, 9.17) is 10.5 Å². The van der Waals surface area contributed by atoms with E-state index >= 15 is 0 Å². The molecule has 0 bridgehead atoms. The maximum absolute atomic E-state index is 10.7. The van der Waals surface area contributed by atoms with Gasteiger partial charge in [0, 0.05) is 43.5 Å². The van der Waals surface area contributed by atoms with E-state index in [2.05, 4.69) is 26.9 Å². The molecule has 2 rings (SSSR count). The van der Waals surface area contributed by atoms with Crippen LogP contribution < -0.4 is 5.73 Å². The zero-order valence-electron chi connectivity index (χ0n) is 12.0. The molecular formula is C14H23BrN2O2S. The van der Waals surface area contributed by atoms with Gasteiger partial charge in [0.15, 0.2) is 0 Å². The van der Waals surface area contributed by atoms with Gasteiger partial charge in [-0.15, -0.1) is 11.3 Å². The van der Waals surface area contributed by atoms with Gasteiger partial charge in [0.05, 0.1) is 15.4 Å². The van der Waals surface area contributed by atoms with Crippen molar-refractivity contribution in [3.63, 3.8) is 0 Å². The molecule has 20 heavy (non-hydrogen) atoms. The van der Waals surface area contributed by atoms with Crippen molar-refractivity contribution < 1.29 is 9.84 Å². The predicted octanol–water partition coefficient (Wildman–Crippen LogP) is 2.37. The molecule has 1 fully saturated rings. The smallest absolute Gasteiger partial charge is 0.0818 e. The SMILES string of the molecule is CC(N)C(c1ccc(Br)s1)N(C)CC1(O)CCOCC1. The molecule has 4 nitrogen and oxygen atoms in total. The number of rotatable bonds is 5. The predicted molar refractivity (Wildman–Crippen MR) is 86.0 cm³/mol. The first kappa shape index (κ1) is 16.4. The number of ether oxygens (including phenoxy) is 1. The van der Waals surface area contributed by atoms with Crippen molar-refractivity contribution in [2.24, 2.45) is 5.73 Å². The van der Waals surface area contributed by atoms with Crippen molar-refractivity contribution in [3.05, 3.63) is 20.8 Å². The van der Waals surface area contributed by atoms with Crippen molar-refractivity contribution >= 4 is 27.3 Å². The summed E-state index contributed by atoms with van der Waals surface area (Å²) in [5, 5.41) is 10.7. The third-order valence-corrected chi connectivity index (χ3v) is 5.52. The van der Waals surface area contributed by atoms with E-state index in [0.717, 1.165) is 3.79 Å². The number of hydrogen-bond acceptors (Lipinski definition) is 5. The second kappa shape index (κ2) is 6.85. The molecule has 1 aromatic rings. The topological polar surface area (TPSA) is 58.7 Å². The van der Waals surface area contributed by atoms with Gasteiger partial charge in [-0.25, -0.2) is 0 Å². The van der Waals surface area contributed by atoms with Gasteiger partial charge in [-0.05, 0) is 42.0 Å². The Morgan fingerprint density at radius 2 is 2.15 bits per heavy atom. The van der Waals surface area contributed by atoms with Crippen LogP contribution in [0.25, 0.3) is 0 Å². The number of nitrogens with zero attached hydrogens (tertiary/aromatic N) is 1. The van der Waals surface area contributed by atoms with E-state index in [1.54, 1.807) is 11.3 Å². The Morgan fingerprint density at radius 1 is 1.50 bits per heavy atom. The zero-order valence-corrected chi connectivity index (χ0v) is 14.4. The van der Waals surface area contributed by atoms with Crippen molar-refractivity contribution in [2.75, 3.05) is 26.8 Å². The molecule has 1 aromatic heterocycles. The van der Waals surface area contributed by atoms with Crippen LogP contribution in [0.15, 0.2) is 15.9 Å². The molecule has 0 saturated carbocycles. The second-order valence-corrected chi connectivity index (χ2v) is 8.19. The van der Waals surface area contributed by atoms with Gasteiger partial charge in [-0.2, -0.15) is 0 Å². The van der Waals surface area contributed by atoms with Gasteiger partial charge < -0.3 is 15.6 Å². The Balaban J connectivity index is 2.09. The lowest BCUT2D eigenvalue weighted by Crippen LogP contribution is -2.49. The lowest BCUT2D eigenvalue weighted by Gasteiger charge is -2.39. The van der Waals surface area contributed by atoms with E-state index in [1.165, 1.54) is 4.88 Å². The standard InChI is InChI=1S/C14H23BrN2O2S/c1-10(16)13(11-3-4-12(15)20-11)17(2)9-14(18)5-7-19-8-6-14/h3-4,10,13,18H,5-9,16H2,1-2H3. The van der Waals surface area contributed by atoms with Gasteiger partial charge in [0.2, 0.25) is 0 Å². The third-order valence-electron chi connectivity index (χ3n) is 3.83. The van der Waals surface area contributed by atoms with Crippen molar-refractivity contribution in [3.8, 4) is 0 Å². The summed E-state index contributed by atoms with van der Waals surface area (Å²) in [6.07, 6.45) is 1.38. The summed E-state index contributed by atoms with van der Waals surface area (Å²) >= 11 is 5.20. The number of halogens is 1. The van der Waals surface area contributed by atoms with Crippen molar-refractivity contribution in [1.82, 2.24) is 4.90 Å². The average molecular weight is 363 g/mol. The van der Waals surface area contributed by atoms with Gasteiger partial charge in [0.25, 0.3) is 0 Å². The average Bonchev–Trinajstić information content (AvgIpc) is 2.75. The number of aliphatic hydroxyl groups is 1. The van der Waals surface area contributed by atoms with Crippen molar-refractivity contribution in [1.29, 1.82) is 0 Å². The van der Waals surface area contributed by atoms with Crippen LogP contribution in [0.2, 0.25) is 0 Å². The molecule has 1 aliphatic heterocycles. The van der Waals surface area contributed by atoms with E-state index in [-0.39, 0.29) is 12.1 Å². The second-order valence-electron chi connectivity index (χ2n) is 5.70. The molecule has 1 saturated heterocycles. The Labute approximate surface area is 133 Å². The molecule has 0 spiro atoms. The number of thiophene rings is 1. The monoisotopic (exact) mass is 362 g/mol. The summed E-state index contributed by atoms with van der Waals surface area (Å²) in [6, 6.07) is 4.28. The fraction of sp³-hybridized carbons (Fsp3) is 0.714. The summed E-state index contributed by atoms with van der Waals surface area (Å²) in [5.74, 6) is 0. The lowest BCUT2D eigenvalue weighted by molar-refractivity contribution is -0.0823. The van der Waals surface area contributed by atoms with Crippen LogP contribution in [-0.2, 0) is 4.74 Å². The molecule has 0 amide bonds. The fourth-order valence-corrected chi connectivity index (χ4v) is 4.54. The zero-order chi connectivity index (χ0) is 14.8. The van der Waals surface area contributed by atoms with Gasteiger partial charge in [-0.3, -0.25) is 4.90 Å². The molecule has 2 unspecified atom stereocenters. The largest absolute Gasteiger partial charge is 0.388 e. The van der Waals surface area contributed by atoms with Crippen LogP contribution in [0.1, 0.15) is 30.7 Å². The molecule has 1 aliphatic rings. The number of nitrogens with two attached hydrogens (primary N) is 1. The minimum absolute atomic E-state index is 0.00832. The highest BCUT2D eigenvalue weighted by molar-refractivity contribution is 9.11. The minimum atomic E-state index is -0.658. The molecule has 6 heteroatoms. The molecule has 2 atom stereocenters. The van der Waals surface area contributed by atoms with Crippen LogP contribution in [0.3, 0.4) is 0 Å². The van der Waals surface area contributed by atoms with Crippen molar-refractivity contribution in [2.45, 2.75) is 37.5 Å². The molecular weight excluding hydrogens is 340 g/mol. The summed E-state index contributed by atoms with van der Waals surface area (Å²) < 4.78 is 6.44. The molecule has 0 aliphatic carbocycles. The maximum atomic E-state index is 10.7. The molecule has 0 radical (unpaired) electrons. The Bertz CT molecular complexity index is 433. The van der Waals surface area contributed by atoms with E-state index in [0.29, 0.717) is 32.6 Å². The van der Waals surface area contributed by atoms with E-state index in [1.807, 2.05) is 20.0 Å². The summed E-state index contributed by atoms with van der Waals surface area (Å²) in [5.41, 5.74) is 5.51. The van der Waals surface area contributed by atoms with Gasteiger partial charge in [-0.1, -0.05) is 0 Å². The van der Waals surface area contributed by atoms with E-state index in [9.17, 15) is 5.11 Å². The third kappa shape index (κ3) is 4.02. The van der Waals surface area contributed by atoms with Gasteiger partial charge >= 0.3 is 0 Å². The Kier molecular flexibility index (Phi) is 5.62. The normalized spacial score (nSPS) is 21.9. The number of likely N-dealkylation sites (N-methyl/N-ethyl adjacent to an activating group) is 1. The minimum Gasteiger partial charge on any atom is -0.388 e. The first-order valence-electron chi connectivity index (χ1n) is 6.92. The van der Waals surface area contributed by atoms with Crippen LogP contribution in [-0.4, -0.2) is 48.5 Å². The highest BCUT2D eigenvalue weighted by atomic mass is 79.9.